The van der Waals surface area contributed by atoms with Gasteiger partial charge in [0.2, 0.25) is 0 Å². The van der Waals surface area contributed by atoms with Crippen LogP contribution in [0.5, 0.6) is 0 Å². The minimum absolute atomic E-state index is 0.000113. The highest BCUT2D eigenvalue weighted by molar-refractivity contribution is 9.10. The zero-order valence-corrected chi connectivity index (χ0v) is 13.6. The Labute approximate surface area is 133 Å². The number of rotatable bonds is 5. The van der Waals surface area contributed by atoms with Crippen LogP contribution in [0.25, 0.3) is 0 Å². The van der Waals surface area contributed by atoms with Gasteiger partial charge in [-0.1, -0.05) is 43.3 Å². The molecule has 2 rings (SSSR count). The van der Waals surface area contributed by atoms with E-state index in [1.54, 1.807) is 18.2 Å². The molecule has 0 aromatic heterocycles. The van der Waals surface area contributed by atoms with E-state index in [2.05, 4.69) is 22.9 Å². The Morgan fingerprint density at radius 3 is 2.52 bits per heavy atom. The van der Waals surface area contributed by atoms with Crippen molar-refractivity contribution in [2.45, 2.75) is 19.9 Å². The maximum atomic E-state index is 12.8. The Kier molecular flexibility index (Phi) is 5.39. The number of nitrogen functional groups attached to an aromatic ring is 1. The average molecular weight is 347 g/mol. The number of halogens is 1. The number of carbonyl (C=O) groups is 1. The van der Waals surface area contributed by atoms with Crippen molar-refractivity contribution in [3.05, 3.63) is 64.1 Å². The molecule has 0 atom stereocenters. The van der Waals surface area contributed by atoms with Crippen molar-refractivity contribution >= 4 is 27.5 Å². The van der Waals surface area contributed by atoms with Crippen LogP contribution >= 0.6 is 15.9 Å². The van der Waals surface area contributed by atoms with Gasteiger partial charge in [-0.25, -0.2) is 0 Å². The summed E-state index contributed by atoms with van der Waals surface area (Å²) in [6.45, 7) is 3.39. The number of hydrogen-bond acceptors (Lipinski definition) is 2. The monoisotopic (exact) mass is 346 g/mol. The molecule has 0 saturated heterocycles. The molecule has 1 amide bonds. The fourth-order valence-electron chi connectivity index (χ4n) is 2.21. The molecular weight excluding hydrogens is 328 g/mol. The maximum absolute atomic E-state index is 12.8. The Bertz CT molecular complexity index is 613. The van der Waals surface area contributed by atoms with Gasteiger partial charge >= 0.3 is 0 Å². The van der Waals surface area contributed by atoms with Crippen LogP contribution < -0.4 is 5.73 Å². The summed E-state index contributed by atoms with van der Waals surface area (Å²) in [7, 11) is 0. The van der Waals surface area contributed by atoms with Crippen LogP contribution in [0.15, 0.2) is 53.0 Å². The largest absolute Gasteiger partial charge is 0.398 e. The van der Waals surface area contributed by atoms with Crippen LogP contribution in [0.4, 0.5) is 5.69 Å². The molecule has 21 heavy (non-hydrogen) atoms. The van der Waals surface area contributed by atoms with Gasteiger partial charge in [0.15, 0.2) is 0 Å². The third kappa shape index (κ3) is 3.85. The fraction of sp³-hybridized carbons (Fsp3) is 0.235. The SMILES string of the molecule is CCCN(Cc1ccccc1)C(=O)c1cccc(N)c1Br. The van der Waals surface area contributed by atoms with Crippen molar-refractivity contribution in [2.24, 2.45) is 0 Å². The maximum Gasteiger partial charge on any atom is 0.255 e. The zero-order chi connectivity index (χ0) is 15.2. The van der Waals surface area contributed by atoms with Gasteiger partial charge in [-0.15, -0.1) is 0 Å². The lowest BCUT2D eigenvalue weighted by atomic mass is 10.1. The number of amides is 1. The summed E-state index contributed by atoms with van der Waals surface area (Å²) >= 11 is 3.41. The highest BCUT2D eigenvalue weighted by Crippen LogP contribution is 2.25. The van der Waals surface area contributed by atoms with E-state index in [0.29, 0.717) is 22.3 Å². The molecule has 0 fully saturated rings. The predicted octanol–water partition coefficient (Wildman–Crippen LogP) is 4.08. The van der Waals surface area contributed by atoms with E-state index in [-0.39, 0.29) is 5.91 Å². The lowest BCUT2D eigenvalue weighted by molar-refractivity contribution is 0.0742. The van der Waals surface area contributed by atoms with Gasteiger partial charge in [0.25, 0.3) is 5.91 Å². The molecular formula is C17H19BrN2O. The van der Waals surface area contributed by atoms with Gasteiger partial charge in [-0.05, 0) is 40.0 Å². The summed E-state index contributed by atoms with van der Waals surface area (Å²) in [5, 5.41) is 0. The lowest BCUT2D eigenvalue weighted by Gasteiger charge is -2.23. The number of anilines is 1. The second kappa shape index (κ2) is 7.27. The smallest absolute Gasteiger partial charge is 0.255 e. The first-order valence-corrected chi connectivity index (χ1v) is 7.80. The molecule has 2 aromatic carbocycles. The zero-order valence-electron chi connectivity index (χ0n) is 12.1. The minimum atomic E-state index is -0.000113. The van der Waals surface area contributed by atoms with E-state index in [1.165, 1.54) is 0 Å². The number of hydrogen-bond donors (Lipinski definition) is 1. The summed E-state index contributed by atoms with van der Waals surface area (Å²) in [5.41, 5.74) is 8.18. The molecule has 0 saturated carbocycles. The average Bonchev–Trinajstić information content (AvgIpc) is 2.50. The van der Waals surface area contributed by atoms with E-state index < -0.39 is 0 Å². The Morgan fingerprint density at radius 1 is 1.14 bits per heavy atom. The number of nitrogens with two attached hydrogens (primary N) is 1. The van der Waals surface area contributed by atoms with Crippen LogP contribution in [0.1, 0.15) is 29.3 Å². The molecule has 2 N–H and O–H groups in total. The molecule has 0 heterocycles. The molecule has 0 aliphatic carbocycles. The van der Waals surface area contributed by atoms with Crippen LogP contribution in [0.2, 0.25) is 0 Å². The topological polar surface area (TPSA) is 46.3 Å². The van der Waals surface area contributed by atoms with Crippen LogP contribution in [-0.2, 0) is 6.54 Å². The van der Waals surface area contributed by atoms with E-state index in [1.807, 2.05) is 35.2 Å². The minimum Gasteiger partial charge on any atom is -0.398 e. The van der Waals surface area contributed by atoms with Crippen LogP contribution in [-0.4, -0.2) is 17.4 Å². The van der Waals surface area contributed by atoms with Gasteiger partial charge in [0.1, 0.15) is 0 Å². The third-order valence-electron chi connectivity index (χ3n) is 3.26. The normalized spacial score (nSPS) is 10.4. The van der Waals surface area contributed by atoms with Crippen molar-refractivity contribution in [3.63, 3.8) is 0 Å². The van der Waals surface area contributed by atoms with Crippen LogP contribution in [0, 0.1) is 0 Å². The molecule has 110 valence electrons. The second-order valence-corrected chi connectivity index (χ2v) is 5.71. The summed E-state index contributed by atoms with van der Waals surface area (Å²) in [4.78, 5) is 14.6. The highest BCUT2D eigenvalue weighted by Gasteiger charge is 2.18. The first-order valence-electron chi connectivity index (χ1n) is 7.00. The molecule has 0 spiro atoms. The van der Waals surface area contributed by atoms with Crippen LogP contribution in [0.3, 0.4) is 0 Å². The molecule has 0 bridgehead atoms. The Balaban J connectivity index is 2.25. The molecule has 3 nitrogen and oxygen atoms in total. The number of nitrogens with zero attached hydrogens (tertiary/aromatic N) is 1. The summed E-state index contributed by atoms with van der Waals surface area (Å²) in [6.07, 6.45) is 0.915. The van der Waals surface area contributed by atoms with E-state index in [4.69, 9.17) is 5.73 Å². The molecule has 0 unspecified atom stereocenters. The highest BCUT2D eigenvalue weighted by atomic mass is 79.9. The fourth-order valence-corrected chi connectivity index (χ4v) is 2.65. The first kappa shape index (κ1) is 15.6. The van der Waals surface area contributed by atoms with Gasteiger partial charge < -0.3 is 10.6 Å². The van der Waals surface area contributed by atoms with E-state index >= 15 is 0 Å². The van der Waals surface area contributed by atoms with E-state index in [9.17, 15) is 4.79 Å². The number of carbonyl (C=O) groups excluding carboxylic acids is 1. The third-order valence-corrected chi connectivity index (χ3v) is 4.14. The van der Waals surface area contributed by atoms with Crippen molar-refractivity contribution < 1.29 is 4.79 Å². The molecule has 4 heteroatoms. The standard InChI is InChI=1S/C17H19BrN2O/c1-2-11-20(12-13-7-4-3-5-8-13)17(21)14-9-6-10-15(19)16(14)18/h3-10H,2,11-12,19H2,1H3. The van der Waals surface area contributed by atoms with Gasteiger partial charge in [0, 0.05) is 18.8 Å². The van der Waals surface area contributed by atoms with E-state index in [0.717, 1.165) is 18.5 Å². The lowest BCUT2D eigenvalue weighted by Crippen LogP contribution is -2.31. The molecule has 0 radical (unpaired) electrons. The summed E-state index contributed by atoms with van der Waals surface area (Å²) in [5.74, 6) is -0.000113. The molecule has 0 aliphatic heterocycles. The van der Waals surface area contributed by atoms with Crippen molar-refractivity contribution in [1.29, 1.82) is 0 Å². The Morgan fingerprint density at radius 2 is 1.86 bits per heavy atom. The molecule has 0 aliphatic rings. The van der Waals surface area contributed by atoms with Crippen molar-refractivity contribution in [2.75, 3.05) is 12.3 Å². The number of benzene rings is 2. The summed E-state index contributed by atoms with van der Waals surface area (Å²) in [6, 6.07) is 15.4. The van der Waals surface area contributed by atoms with Crippen molar-refractivity contribution in [3.8, 4) is 0 Å². The van der Waals surface area contributed by atoms with Gasteiger partial charge in [0.05, 0.1) is 10.0 Å². The molecule has 2 aromatic rings. The predicted molar refractivity (Wildman–Crippen MR) is 90.0 cm³/mol. The van der Waals surface area contributed by atoms with Gasteiger partial charge in [-0.3, -0.25) is 4.79 Å². The summed E-state index contributed by atoms with van der Waals surface area (Å²) < 4.78 is 0.671. The quantitative estimate of drug-likeness (QED) is 0.829. The Hall–Kier alpha value is -1.81. The first-order chi connectivity index (χ1) is 10.1. The van der Waals surface area contributed by atoms with Gasteiger partial charge in [-0.2, -0.15) is 0 Å². The second-order valence-electron chi connectivity index (χ2n) is 4.92. The van der Waals surface area contributed by atoms with Crippen molar-refractivity contribution in [1.82, 2.24) is 4.90 Å².